The molecule has 1 aliphatic rings. The molecule has 1 fully saturated rings. The molecule has 1 N–H and O–H groups in total. The highest BCUT2D eigenvalue weighted by Gasteiger charge is 2.15. The molecule has 0 amide bonds. The maximum atomic E-state index is 5.43. The van der Waals surface area contributed by atoms with E-state index in [9.17, 15) is 0 Å². The third kappa shape index (κ3) is 4.10. The lowest BCUT2D eigenvalue weighted by molar-refractivity contribution is 0.0398. The minimum Gasteiger partial charge on any atom is -0.493 e. The van der Waals surface area contributed by atoms with E-state index >= 15 is 0 Å². The predicted molar refractivity (Wildman–Crippen MR) is 110 cm³/mol. The van der Waals surface area contributed by atoms with Crippen LogP contribution < -0.4 is 14.8 Å². The second-order valence-corrected chi connectivity index (χ2v) is 6.83. The Bertz CT molecular complexity index is 984. The van der Waals surface area contributed by atoms with Gasteiger partial charge in [-0.2, -0.15) is 0 Å². The number of rotatable bonds is 7. The zero-order valence-corrected chi connectivity index (χ0v) is 17.0. The van der Waals surface area contributed by atoms with Crippen LogP contribution in [0.2, 0.25) is 0 Å². The lowest BCUT2D eigenvalue weighted by Gasteiger charge is -2.26. The summed E-state index contributed by atoms with van der Waals surface area (Å²) in [7, 11) is 3.24. The van der Waals surface area contributed by atoms with Gasteiger partial charge in [-0.15, -0.1) is 0 Å². The van der Waals surface area contributed by atoms with Gasteiger partial charge in [0.25, 0.3) is 0 Å². The van der Waals surface area contributed by atoms with Crippen LogP contribution in [-0.4, -0.2) is 78.0 Å². The fourth-order valence-corrected chi connectivity index (χ4v) is 3.45. The van der Waals surface area contributed by atoms with E-state index in [0.717, 1.165) is 62.1 Å². The number of imidazole rings is 1. The fraction of sp³-hybridized carbons (Fsp3) is 0.450. The van der Waals surface area contributed by atoms with Crippen molar-refractivity contribution in [2.75, 3.05) is 58.9 Å². The van der Waals surface area contributed by atoms with Gasteiger partial charge in [-0.25, -0.2) is 15.0 Å². The largest absolute Gasteiger partial charge is 0.493 e. The number of morpholine rings is 1. The molecule has 1 saturated heterocycles. The van der Waals surface area contributed by atoms with Crippen LogP contribution in [0.15, 0.2) is 24.5 Å². The van der Waals surface area contributed by atoms with Crippen molar-refractivity contribution in [3.63, 3.8) is 0 Å². The SMILES string of the molecule is COc1ccc(-n2cnc3c(NCCN4CCOCC4)nc(C)nc32)cc1OC. The molecule has 29 heavy (non-hydrogen) atoms. The van der Waals surface area contributed by atoms with Crippen LogP contribution in [0.3, 0.4) is 0 Å². The quantitative estimate of drug-likeness (QED) is 0.646. The van der Waals surface area contributed by atoms with Crippen molar-refractivity contribution in [2.24, 2.45) is 0 Å². The van der Waals surface area contributed by atoms with E-state index in [2.05, 4.69) is 25.2 Å². The number of methoxy groups -OCH3 is 2. The van der Waals surface area contributed by atoms with Crippen LogP contribution in [0.25, 0.3) is 16.9 Å². The van der Waals surface area contributed by atoms with Crippen LogP contribution in [0.5, 0.6) is 11.5 Å². The van der Waals surface area contributed by atoms with Gasteiger partial charge in [0, 0.05) is 32.2 Å². The number of hydrogen-bond acceptors (Lipinski definition) is 8. The molecule has 154 valence electrons. The van der Waals surface area contributed by atoms with E-state index in [4.69, 9.17) is 14.2 Å². The fourth-order valence-electron chi connectivity index (χ4n) is 3.45. The molecule has 1 aliphatic heterocycles. The number of nitrogens with zero attached hydrogens (tertiary/aromatic N) is 5. The number of anilines is 1. The maximum Gasteiger partial charge on any atom is 0.170 e. The van der Waals surface area contributed by atoms with E-state index in [1.165, 1.54) is 0 Å². The number of aryl methyl sites for hydroxylation is 1. The standard InChI is InChI=1S/C20H26N6O3/c1-14-23-19(21-6-7-25-8-10-29-11-9-25)18-20(24-14)26(13-22-18)15-4-5-16(27-2)17(12-15)28-3/h4-5,12-13H,6-11H2,1-3H3,(H,21,23,24). The third-order valence-corrected chi connectivity index (χ3v) is 4.98. The molecule has 9 nitrogen and oxygen atoms in total. The third-order valence-electron chi connectivity index (χ3n) is 4.98. The molecule has 4 rings (SSSR count). The molecule has 0 saturated carbocycles. The summed E-state index contributed by atoms with van der Waals surface area (Å²) >= 11 is 0. The van der Waals surface area contributed by atoms with Crippen molar-refractivity contribution in [3.05, 3.63) is 30.4 Å². The summed E-state index contributed by atoms with van der Waals surface area (Å²) in [6, 6.07) is 5.73. The summed E-state index contributed by atoms with van der Waals surface area (Å²) in [6.45, 7) is 7.14. The average molecular weight is 398 g/mol. The monoisotopic (exact) mass is 398 g/mol. The second-order valence-electron chi connectivity index (χ2n) is 6.83. The first-order valence-electron chi connectivity index (χ1n) is 9.67. The highest BCUT2D eigenvalue weighted by molar-refractivity contribution is 5.84. The van der Waals surface area contributed by atoms with Gasteiger partial charge in [0.05, 0.1) is 33.1 Å². The molecule has 0 radical (unpaired) electrons. The maximum absolute atomic E-state index is 5.43. The molecule has 0 unspecified atom stereocenters. The summed E-state index contributed by atoms with van der Waals surface area (Å²) < 4.78 is 18.1. The summed E-state index contributed by atoms with van der Waals surface area (Å²) in [5.74, 6) is 2.77. The van der Waals surface area contributed by atoms with Crippen LogP contribution in [0, 0.1) is 6.92 Å². The Morgan fingerprint density at radius 3 is 2.66 bits per heavy atom. The summed E-state index contributed by atoms with van der Waals surface area (Å²) in [5, 5.41) is 3.43. The molecule has 0 atom stereocenters. The van der Waals surface area contributed by atoms with E-state index in [0.29, 0.717) is 17.3 Å². The van der Waals surface area contributed by atoms with E-state index in [1.807, 2.05) is 29.7 Å². The zero-order valence-electron chi connectivity index (χ0n) is 17.0. The topological polar surface area (TPSA) is 86.6 Å². The van der Waals surface area contributed by atoms with E-state index < -0.39 is 0 Å². The van der Waals surface area contributed by atoms with Crippen molar-refractivity contribution < 1.29 is 14.2 Å². The van der Waals surface area contributed by atoms with E-state index in [-0.39, 0.29) is 0 Å². The first-order valence-corrected chi connectivity index (χ1v) is 9.67. The lowest BCUT2D eigenvalue weighted by atomic mass is 10.2. The van der Waals surface area contributed by atoms with Gasteiger partial charge in [-0.1, -0.05) is 0 Å². The molecule has 0 aliphatic carbocycles. The number of nitrogens with one attached hydrogen (secondary N) is 1. The molecule has 3 aromatic rings. The molecule has 9 heteroatoms. The van der Waals surface area contributed by atoms with Crippen LogP contribution in [-0.2, 0) is 4.74 Å². The zero-order chi connectivity index (χ0) is 20.2. The van der Waals surface area contributed by atoms with Crippen molar-refractivity contribution in [1.29, 1.82) is 0 Å². The lowest BCUT2D eigenvalue weighted by Crippen LogP contribution is -2.39. The summed E-state index contributed by atoms with van der Waals surface area (Å²) in [4.78, 5) is 16.1. The minimum atomic E-state index is 0.654. The average Bonchev–Trinajstić information content (AvgIpc) is 3.17. The Balaban J connectivity index is 1.59. The minimum absolute atomic E-state index is 0.654. The Kier molecular flexibility index (Phi) is 5.77. The van der Waals surface area contributed by atoms with Gasteiger partial charge in [0.15, 0.2) is 28.5 Å². The first-order chi connectivity index (χ1) is 14.2. The van der Waals surface area contributed by atoms with Gasteiger partial charge in [0.1, 0.15) is 12.2 Å². The predicted octanol–water partition coefficient (Wildman–Crippen LogP) is 1.89. The normalized spacial score (nSPS) is 14.9. The van der Waals surface area contributed by atoms with E-state index in [1.54, 1.807) is 20.5 Å². The molecular formula is C20H26N6O3. The summed E-state index contributed by atoms with van der Waals surface area (Å²) in [5.41, 5.74) is 2.38. The van der Waals surface area contributed by atoms with Crippen LogP contribution >= 0.6 is 0 Å². The molecular weight excluding hydrogens is 372 g/mol. The van der Waals surface area contributed by atoms with Gasteiger partial charge in [-0.3, -0.25) is 9.47 Å². The molecule has 0 bridgehead atoms. The molecule has 3 heterocycles. The van der Waals surface area contributed by atoms with Crippen molar-refractivity contribution >= 4 is 17.0 Å². The van der Waals surface area contributed by atoms with Gasteiger partial charge >= 0.3 is 0 Å². The Labute approximate surface area is 169 Å². The van der Waals surface area contributed by atoms with Crippen molar-refractivity contribution in [1.82, 2.24) is 24.4 Å². The van der Waals surface area contributed by atoms with Gasteiger partial charge in [-0.05, 0) is 19.1 Å². The number of ether oxygens (including phenoxy) is 3. The van der Waals surface area contributed by atoms with Crippen molar-refractivity contribution in [3.8, 4) is 17.2 Å². The van der Waals surface area contributed by atoms with Crippen LogP contribution in [0.1, 0.15) is 5.82 Å². The molecule has 0 spiro atoms. The second kappa shape index (κ2) is 8.62. The van der Waals surface area contributed by atoms with Crippen LogP contribution in [0.4, 0.5) is 5.82 Å². The van der Waals surface area contributed by atoms with Gasteiger partial charge in [0.2, 0.25) is 0 Å². The van der Waals surface area contributed by atoms with Gasteiger partial charge < -0.3 is 19.5 Å². The highest BCUT2D eigenvalue weighted by atomic mass is 16.5. The van der Waals surface area contributed by atoms with Crippen molar-refractivity contribution in [2.45, 2.75) is 6.92 Å². The number of benzene rings is 1. The first kappa shape index (κ1) is 19.4. The number of aromatic nitrogens is 4. The smallest absolute Gasteiger partial charge is 0.170 e. The molecule has 1 aromatic carbocycles. The Morgan fingerprint density at radius 2 is 1.90 bits per heavy atom. The Morgan fingerprint density at radius 1 is 1.10 bits per heavy atom. The Hall–Kier alpha value is -2.91. The number of fused-ring (bicyclic) bond motifs is 1. The highest BCUT2D eigenvalue weighted by Crippen LogP contribution is 2.30. The molecule has 2 aromatic heterocycles. The number of hydrogen-bond donors (Lipinski definition) is 1. The summed E-state index contributed by atoms with van der Waals surface area (Å²) in [6.07, 6.45) is 1.76.